The first-order valence-corrected chi connectivity index (χ1v) is 4.63. The molecule has 0 radical (unpaired) electrons. The number of pyridine rings is 1. The van der Waals surface area contributed by atoms with Crippen molar-refractivity contribution in [3.63, 3.8) is 0 Å². The van der Waals surface area contributed by atoms with Gasteiger partial charge in [-0.3, -0.25) is 0 Å². The summed E-state index contributed by atoms with van der Waals surface area (Å²) in [7, 11) is 1.61. The third-order valence-electron chi connectivity index (χ3n) is 1.55. The number of hydrogen-bond acceptors (Lipinski definition) is 2. The molecular weight excluding hydrogens is 186 g/mol. The monoisotopic (exact) mass is 197 g/mol. The summed E-state index contributed by atoms with van der Waals surface area (Å²) in [6, 6.07) is 3.80. The van der Waals surface area contributed by atoms with Gasteiger partial charge in [-0.05, 0) is 18.1 Å². The van der Waals surface area contributed by atoms with Crippen molar-refractivity contribution >= 4 is 17.7 Å². The van der Waals surface area contributed by atoms with Gasteiger partial charge in [-0.1, -0.05) is 12.2 Å². The van der Waals surface area contributed by atoms with Gasteiger partial charge in [0.25, 0.3) is 0 Å². The van der Waals surface area contributed by atoms with Crippen molar-refractivity contribution in [3.8, 4) is 5.88 Å². The highest BCUT2D eigenvalue weighted by Gasteiger charge is 1.91. The molecule has 0 bridgehead atoms. The molecule has 0 fully saturated rings. The van der Waals surface area contributed by atoms with Crippen LogP contribution in [0, 0.1) is 0 Å². The summed E-state index contributed by atoms with van der Waals surface area (Å²) < 4.78 is 4.99. The van der Waals surface area contributed by atoms with Crippen molar-refractivity contribution in [2.45, 2.75) is 6.42 Å². The maximum Gasteiger partial charge on any atom is 0.213 e. The normalized spacial score (nSPS) is 10.6. The van der Waals surface area contributed by atoms with Gasteiger partial charge in [0.1, 0.15) is 0 Å². The average molecular weight is 198 g/mol. The highest BCUT2D eigenvalue weighted by Crippen LogP contribution is 2.10. The molecule has 0 aromatic carbocycles. The molecule has 0 amide bonds. The van der Waals surface area contributed by atoms with Gasteiger partial charge >= 0.3 is 0 Å². The van der Waals surface area contributed by atoms with Crippen molar-refractivity contribution in [1.82, 2.24) is 4.98 Å². The molecule has 13 heavy (non-hydrogen) atoms. The minimum atomic E-state index is 0.632. The molecule has 1 aromatic heterocycles. The van der Waals surface area contributed by atoms with E-state index in [1.807, 2.05) is 24.3 Å². The van der Waals surface area contributed by atoms with Crippen LogP contribution in [0.4, 0.5) is 0 Å². The number of hydrogen-bond donors (Lipinski definition) is 0. The van der Waals surface area contributed by atoms with Crippen LogP contribution in [0.3, 0.4) is 0 Å². The molecule has 0 atom stereocenters. The predicted octanol–water partition coefficient (Wildman–Crippen LogP) is 2.73. The van der Waals surface area contributed by atoms with E-state index in [-0.39, 0.29) is 0 Å². The molecule has 0 aliphatic heterocycles. The number of methoxy groups -OCH3 is 1. The van der Waals surface area contributed by atoms with E-state index >= 15 is 0 Å². The first-order valence-electron chi connectivity index (χ1n) is 4.09. The molecule has 0 saturated heterocycles. The summed E-state index contributed by atoms with van der Waals surface area (Å²) in [4.78, 5) is 4.00. The van der Waals surface area contributed by atoms with Crippen LogP contribution in [0.15, 0.2) is 24.4 Å². The highest BCUT2D eigenvalue weighted by molar-refractivity contribution is 6.17. The Morgan fingerprint density at radius 3 is 3.15 bits per heavy atom. The van der Waals surface area contributed by atoms with Crippen LogP contribution in [-0.4, -0.2) is 18.0 Å². The summed E-state index contributed by atoms with van der Waals surface area (Å²) in [5, 5.41) is 0. The standard InChI is InChI=1S/C10H12ClNO/c1-13-10-8-9(5-7-12-10)4-2-3-6-11/h2,4-5,7-8H,3,6H2,1H3. The Balaban J connectivity index is 2.66. The maximum absolute atomic E-state index is 5.54. The van der Waals surface area contributed by atoms with Gasteiger partial charge in [0.2, 0.25) is 5.88 Å². The number of rotatable bonds is 4. The zero-order valence-electron chi connectivity index (χ0n) is 7.53. The summed E-state index contributed by atoms with van der Waals surface area (Å²) >= 11 is 5.54. The van der Waals surface area contributed by atoms with Crippen molar-refractivity contribution in [1.29, 1.82) is 0 Å². The van der Waals surface area contributed by atoms with Crippen molar-refractivity contribution in [2.24, 2.45) is 0 Å². The summed E-state index contributed by atoms with van der Waals surface area (Å²) in [6.07, 6.45) is 6.64. The smallest absolute Gasteiger partial charge is 0.213 e. The van der Waals surface area contributed by atoms with E-state index < -0.39 is 0 Å². The van der Waals surface area contributed by atoms with E-state index in [1.165, 1.54) is 0 Å². The summed E-state index contributed by atoms with van der Waals surface area (Å²) in [5.74, 6) is 1.28. The topological polar surface area (TPSA) is 22.1 Å². The number of allylic oxidation sites excluding steroid dienone is 1. The molecule has 0 aliphatic carbocycles. The van der Waals surface area contributed by atoms with E-state index in [1.54, 1.807) is 13.3 Å². The number of nitrogens with zero attached hydrogens (tertiary/aromatic N) is 1. The van der Waals surface area contributed by atoms with Crippen LogP contribution in [0.5, 0.6) is 5.88 Å². The Bertz CT molecular complexity index is 286. The third-order valence-corrected chi connectivity index (χ3v) is 1.77. The average Bonchev–Trinajstić information content (AvgIpc) is 2.19. The van der Waals surface area contributed by atoms with Crippen LogP contribution >= 0.6 is 11.6 Å². The summed E-state index contributed by atoms with van der Waals surface area (Å²) in [5.41, 5.74) is 1.08. The maximum atomic E-state index is 5.54. The molecular formula is C10H12ClNO. The zero-order valence-corrected chi connectivity index (χ0v) is 8.29. The van der Waals surface area contributed by atoms with Gasteiger partial charge < -0.3 is 4.74 Å². The van der Waals surface area contributed by atoms with Crippen molar-refractivity contribution in [3.05, 3.63) is 30.0 Å². The number of alkyl halides is 1. The van der Waals surface area contributed by atoms with Gasteiger partial charge in [0.05, 0.1) is 7.11 Å². The van der Waals surface area contributed by atoms with E-state index in [9.17, 15) is 0 Å². The Kier molecular flexibility index (Phi) is 4.33. The lowest BCUT2D eigenvalue weighted by Gasteiger charge is -1.98. The van der Waals surface area contributed by atoms with E-state index in [0.717, 1.165) is 12.0 Å². The second-order valence-corrected chi connectivity index (χ2v) is 2.89. The SMILES string of the molecule is COc1cc(C=CCCCl)ccn1. The fourth-order valence-corrected chi connectivity index (χ4v) is 1.05. The van der Waals surface area contributed by atoms with Gasteiger partial charge in [0, 0.05) is 18.1 Å². The van der Waals surface area contributed by atoms with Crippen LogP contribution in [0.2, 0.25) is 0 Å². The Morgan fingerprint density at radius 1 is 1.62 bits per heavy atom. The van der Waals surface area contributed by atoms with Gasteiger partial charge in [-0.2, -0.15) is 0 Å². The van der Waals surface area contributed by atoms with Crippen molar-refractivity contribution in [2.75, 3.05) is 13.0 Å². The molecule has 0 N–H and O–H groups in total. The second kappa shape index (κ2) is 5.60. The minimum absolute atomic E-state index is 0.632. The number of halogens is 1. The van der Waals surface area contributed by atoms with E-state index in [0.29, 0.717) is 11.8 Å². The molecule has 3 heteroatoms. The highest BCUT2D eigenvalue weighted by atomic mass is 35.5. The molecule has 1 aromatic rings. The quantitative estimate of drug-likeness (QED) is 0.693. The Hall–Kier alpha value is -1.02. The predicted molar refractivity (Wildman–Crippen MR) is 55.2 cm³/mol. The lowest BCUT2D eigenvalue weighted by molar-refractivity contribution is 0.398. The van der Waals surface area contributed by atoms with Crippen LogP contribution in [0.25, 0.3) is 6.08 Å². The summed E-state index contributed by atoms with van der Waals surface area (Å²) in [6.45, 7) is 0. The molecule has 70 valence electrons. The Morgan fingerprint density at radius 2 is 2.46 bits per heavy atom. The van der Waals surface area contributed by atoms with Gasteiger partial charge in [0.15, 0.2) is 0 Å². The van der Waals surface area contributed by atoms with Crippen LogP contribution in [0.1, 0.15) is 12.0 Å². The first kappa shape index (κ1) is 10.1. The van der Waals surface area contributed by atoms with Gasteiger partial charge in [-0.15, -0.1) is 11.6 Å². The van der Waals surface area contributed by atoms with Crippen LogP contribution in [-0.2, 0) is 0 Å². The molecule has 0 spiro atoms. The van der Waals surface area contributed by atoms with E-state index in [4.69, 9.17) is 16.3 Å². The molecule has 2 nitrogen and oxygen atoms in total. The second-order valence-electron chi connectivity index (χ2n) is 2.51. The lowest BCUT2D eigenvalue weighted by atomic mass is 10.2. The largest absolute Gasteiger partial charge is 0.481 e. The number of ether oxygens (including phenoxy) is 1. The van der Waals surface area contributed by atoms with Crippen molar-refractivity contribution < 1.29 is 4.74 Å². The minimum Gasteiger partial charge on any atom is -0.481 e. The molecule has 0 saturated carbocycles. The van der Waals surface area contributed by atoms with E-state index in [2.05, 4.69) is 4.98 Å². The number of aromatic nitrogens is 1. The molecule has 0 aliphatic rings. The van der Waals surface area contributed by atoms with Gasteiger partial charge in [-0.25, -0.2) is 4.98 Å². The third kappa shape index (κ3) is 3.47. The molecule has 1 rings (SSSR count). The molecule has 1 heterocycles. The first-order chi connectivity index (χ1) is 6.36. The Labute approximate surface area is 83.2 Å². The lowest BCUT2D eigenvalue weighted by Crippen LogP contribution is -1.86. The zero-order chi connectivity index (χ0) is 9.52. The fourth-order valence-electron chi connectivity index (χ4n) is 0.922. The molecule has 0 unspecified atom stereocenters. The fraction of sp³-hybridized carbons (Fsp3) is 0.300. The van der Waals surface area contributed by atoms with Crippen LogP contribution < -0.4 is 4.74 Å².